The van der Waals surface area contributed by atoms with Gasteiger partial charge in [-0.05, 0) is 66.6 Å². The molecule has 0 radical (unpaired) electrons. The van der Waals surface area contributed by atoms with Gasteiger partial charge in [-0.2, -0.15) is 0 Å². The molecule has 1 N–H and O–H groups in total. The lowest BCUT2D eigenvalue weighted by Gasteiger charge is -2.23. The second-order valence-electron chi connectivity index (χ2n) is 8.89. The number of hydrogen-bond donors (Lipinski definition) is 1. The highest BCUT2D eigenvalue weighted by Gasteiger charge is 2.48. The van der Waals surface area contributed by atoms with E-state index >= 15 is 0 Å². The van der Waals surface area contributed by atoms with Crippen molar-refractivity contribution >= 4 is 80.5 Å². The Labute approximate surface area is 264 Å². The van der Waals surface area contributed by atoms with Crippen molar-refractivity contribution < 1.29 is 24.2 Å². The fourth-order valence-electron chi connectivity index (χ4n) is 4.37. The Bertz CT molecular complexity index is 1690. The monoisotopic (exact) mass is 661 g/mol. The van der Waals surface area contributed by atoms with E-state index in [2.05, 4.69) is 10.2 Å². The maximum Gasteiger partial charge on any atom is 0.301 e. The molecule has 1 saturated heterocycles. The van der Waals surface area contributed by atoms with Crippen LogP contribution in [0.1, 0.15) is 29.7 Å². The molecule has 4 aromatic rings. The van der Waals surface area contributed by atoms with Crippen LogP contribution in [0.4, 0.5) is 5.13 Å². The van der Waals surface area contributed by atoms with Crippen molar-refractivity contribution in [2.75, 3.05) is 18.6 Å². The maximum absolute atomic E-state index is 13.5. The summed E-state index contributed by atoms with van der Waals surface area (Å²) in [4.78, 5) is 28.3. The molecule has 216 valence electrons. The first kappa shape index (κ1) is 30.2. The molecule has 1 unspecified atom stereocenters. The number of amides is 1. The van der Waals surface area contributed by atoms with Crippen LogP contribution in [0, 0.1) is 0 Å². The number of hydrogen-bond acceptors (Lipinski definition) is 9. The van der Waals surface area contributed by atoms with Gasteiger partial charge in [0.05, 0.1) is 25.3 Å². The lowest BCUT2D eigenvalue weighted by atomic mass is 9.95. The van der Waals surface area contributed by atoms with Crippen molar-refractivity contribution in [2.24, 2.45) is 0 Å². The summed E-state index contributed by atoms with van der Waals surface area (Å²) in [5.74, 6) is -0.676. The van der Waals surface area contributed by atoms with Crippen molar-refractivity contribution in [2.45, 2.75) is 23.1 Å². The van der Waals surface area contributed by atoms with Gasteiger partial charge in [-0.15, -0.1) is 10.2 Å². The first-order valence-electron chi connectivity index (χ1n) is 12.5. The van der Waals surface area contributed by atoms with Gasteiger partial charge in [-0.3, -0.25) is 14.5 Å². The lowest BCUT2D eigenvalue weighted by Crippen LogP contribution is -2.29. The summed E-state index contributed by atoms with van der Waals surface area (Å²) in [5, 5.41) is 21.5. The third-order valence-electron chi connectivity index (χ3n) is 6.33. The number of nitrogens with zero attached hydrogens (tertiary/aromatic N) is 3. The molecule has 2 heterocycles. The average Bonchev–Trinajstić information content (AvgIpc) is 3.54. The van der Waals surface area contributed by atoms with E-state index in [4.69, 9.17) is 44.3 Å². The number of carbonyl (C=O) groups is 2. The molecule has 42 heavy (non-hydrogen) atoms. The van der Waals surface area contributed by atoms with Crippen LogP contribution >= 0.6 is 57.9 Å². The third-order valence-corrected chi connectivity index (χ3v) is 9.28. The minimum absolute atomic E-state index is 0.106. The Morgan fingerprint density at radius 3 is 2.43 bits per heavy atom. The summed E-state index contributed by atoms with van der Waals surface area (Å²) in [7, 11) is 1.49. The second kappa shape index (κ2) is 12.9. The molecule has 0 aliphatic carbocycles. The number of thioether (sulfide) groups is 1. The summed E-state index contributed by atoms with van der Waals surface area (Å²) in [6.45, 7) is 2.26. The van der Waals surface area contributed by atoms with Gasteiger partial charge in [0.2, 0.25) is 5.13 Å². The number of aliphatic hydroxyl groups is 1. The Kier molecular flexibility index (Phi) is 9.29. The minimum atomic E-state index is -1.03. The molecule has 1 aliphatic heterocycles. The number of aliphatic hydroxyl groups excluding tert-OH is 1. The SMILES string of the molecule is CCOc1ccc(C2/C(=C(/O)c3ccc(Cl)cc3)C(=O)C(=O)N2c2nnc(SCc3ccc(Cl)cc3Cl)s2)cc1OC. The summed E-state index contributed by atoms with van der Waals surface area (Å²) >= 11 is 20.9. The standard InChI is InChI=1S/C29H22Cl3N3O5S2/c1-3-40-21-11-7-16(12-22(21)39-2)24-23(25(36)15-4-8-18(30)9-5-15)26(37)27(38)35(24)28-33-34-29(42-28)41-14-17-6-10-19(31)13-20(17)32/h4-13,24,36H,3,14H2,1-2H3/b25-23-. The highest BCUT2D eigenvalue weighted by Crippen LogP contribution is 2.45. The zero-order valence-electron chi connectivity index (χ0n) is 22.1. The molecule has 0 bridgehead atoms. The van der Waals surface area contributed by atoms with E-state index in [-0.39, 0.29) is 16.5 Å². The van der Waals surface area contributed by atoms with Crippen molar-refractivity contribution in [3.8, 4) is 11.5 Å². The van der Waals surface area contributed by atoms with Gasteiger partial charge >= 0.3 is 5.91 Å². The van der Waals surface area contributed by atoms with E-state index in [1.165, 1.54) is 23.8 Å². The number of anilines is 1. The summed E-state index contributed by atoms with van der Waals surface area (Å²) in [5.41, 5.74) is 1.58. The van der Waals surface area contributed by atoms with E-state index in [0.29, 0.717) is 54.4 Å². The number of aromatic nitrogens is 2. The summed E-state index contributed by atoms with van der Waals surface area (Å²) in [6, 6.07) is 15.6. The van der Waals surface area contributed by atoms with Gasteiger partial charge in [-0.25, -0.2) is 0 Å². The Morgan fingerprint density at radius 1 is 1.00 bits per heavy atom. The summed E-state index contributed by atoms with van der Waals surface area (Å²) < 4.78 is 11.7. The van der Waals surface area contributed by atoms with Crippen LogP contribution in [0.2, 0.25) is 15.1 Å². The number of rotatable bonds is 9. The molecule has 3 aromatic carbocycles. The van der Waals surface area contributed by atoms with E-state index in [1.807, 2.05) is 13.0 Å². The molecule has 5 rings (SSSR count). The molecule has 0 spiro atoms. The van der Waals surface area contributed by atoms with E-state index < -0.39 is 17.7 Å². The van der Waals surface area contributed by atoms with Crippen LogP contribution in [-0.2, 0) is 15.3 Å². The largest absolute Gasteiger partial charge is 0.507 e. The normalized spacial score (nSPS) is 16.2. The fraction of sp³-hybridized carbons (Fsp3) is 0.172. The number of ketones is 1. The number of Topliss-reactive ketones (excluding diaryl/α,β-unsaturated/α-hetero) is 1. The number of methoxy groups -OCH3 is 1. The van der Waals surface area contributed by atoms with Gasteiger partial charge in [0.15, 0.2) is 15.8 Å². The van der Waals surface area contributed by atoms with Crippen LogP contribution in [-0.4, -0.2) is 40.7 Å². The van der Waals surface area contributed by atoms with Crippen molar-refractivity contribution in [3.63, 3.8) is 0 Å². The number of carbonyl (C=O) groups excluding carboxylic acids is 2. The molecule has 1 fully saturated rings. The van der Waals surface area contributed by atoms with Crippen molar-refractivity contribution in [1.82, 2.24) is 10.2 Å². The highest BCUT2D eigenvalue weighted by molar-refractivity contribution is 8.00. The number of ether oxygens (including phenoxy) is 2. The Balaban J connectivity index is 1.57. The van der Waals surface area contributed by atoms with Gasteiger partial charge < -0.3 is 14.6 Å². The first-order valence-corrected chi connectivity index (χ1v) is 15.4. The quantitative estimate of drug-likeness (QED) is 0.0636. The van der Waals surface area contributed by atoms with Gasteiger partial charge in [-0.1, -0.05) is 70.0 Å². The smallest absolute Gasteiger partial charge is 0.301 e. The van der Waals surface area contributed by atoms with Gasteiger partial charge in [0, 0.05) is 26.4 Å². The van der Waals surface area contributed by atoms with Crippen LogP contribution in [0.25, 0.3) is 5.76 Å². The first-order chi connectivity index (χ1) is 20.2. The molecule has 1 amide bonds. The fourth-order valence-corrected chi connectivity index (χ4v) is 6.93. The second-order valence-corrected chi connectivity index (χ2v) is 12.4. The topological polar surface area (TPSA) is 102 Å². The Hall–Kier alpha value is -3.28. The average molecular weight is 663 g/mol. The molecular formula is C29H22Cl3N3O5S2. The van der Waals surface area contributed by atoms with Crippen molar-refractivity contribution in [1.29, 1.82) is 0 Å². The minimum Gasteiger partial charge on any atom is -0.507 e. The van der Waals surface area contributed by atoms with Crippen LogP contribution in [0.5, 0.6) is 11.5 Å². The molecule has 1 atom stereocenters. The van der Waals surface area contributed by atoms with E-state index in [0.717, 1.165) is 16.9 Å². The lowest BCUT2D eigenvalue weighted by molar-refractivity contribution is -0.132. The Morgan fingerprint density at radius 2 is 1.74 bits per heavy atom. The van der Waals surface area contributed by atoms with Crippen molar-refractivity contribution in [3.05, 3.63) is 98.0 Å². The number of benzene rings is 3. The molecule has 13 heteroatoms. The predicted octanol–water partition coefficient (Wildman–Crippen LogP) is 7.82. The molecule has 1 aromatic heterocycles. The predicted molar refractivity (Wildman–Crippen MR) is 166 cm³/mol. The molecule has 8 nitrogen and oxygen atoms in total. The van der Waals surface area contributed by atoms with Crippen LogP contribution in [0.15, 0.2) is 70.6 Å². The summed E-state index contributed by atoms with van der Waals surface area (Å²) in [6.07, 6.45) is 0. The molecular weight excluding hydrogens is 641 g/mol. The van der Waals surface area contributed by atoms with E-state index in [9.17, 15) is 14.7 Å². The van der Waals surface area contributed by atoms with Gasteiger partial charge in [0.25, 0.3) is 5.78 Å². The van der Waals surface area contributed by atoms with Crippen LogP contribution < -0.4 is 14.4 Å². The zero-order chi connectivity index (χ0) is 30.0. The number of halogens is 3. The molecule has 1 aliphatic rings. The van der Waals surface area contributed by atoms with Gasteiger partial charge in [0.1, 0.15) is 5.76 Å². The third kappa shape index (κ3) is 6.09. The van der Waals surface area contributed by atoms with Crippen LogP contribution in [0.3, 0.4) is 0 Å². The molecule has 0 saturated carbocycles. The van der Waals surface area contributed by atoms with E-state index in [1.54, 1.807) is 54.6 Å². The highest BCUT2D eigenvalue weighted by atomic mass is 35.5. The zero-order valence-corrected chi connectivity index (χ0v) is 26.0. The maximum atomic E-state index is 13.5.